The van der Waals surface area contributed by atoms with E-state index in [1.165, 1.54) is 18.4 Å². The van der Waals surface area contributed by atoms with Crippen LogP contribution in [0.25, 0.3) is 0 Å². The normalized spacial score (nSPS) is 10.8. The zero-order chi connectivity index (χ0) is 12.7. The summed E-state index contributed by atoms with van der Waals surface area (Å²) >= 11 is 0. The average Bonchev–Trinajstić information content (AvgIpc) is 2.29. The van der Waals surface area contributed by atoms with Gasteiger partial charge in [-0.05, 0) is 43.0 Å². The summed E-state index contributed by atoms with van der Waals surface area (Å²) in [4.78, 5) is 10.9. The van der Waals surface area contributed by atoms with Crippen LogP contribution in [-0.2, 0) is 6.54 Å². The van der Waals surface area contributed by atoms with Crippen molar-refractivity contribution in [2.45, 2.75) is 33.2 Å². The SMILES string of the molecule is CC(C)CCCNCc1ccc(C(N)=O)cc1. The van der Waals surface area contributed by atoms with Crippen molar-refractivity contribution in [2.24, 2.45) is 11.7 Å². The average molecular weight is 234 g/mol. The lowest BCUT2D eigenvalue weighted by Crippen LogP contribution is -2.15. The third-order valence-corrected chi connectivity index (χ3v) is 2.70. The molecule has 17 heavy (non-hydrogen) atoms. The first-order valence-electron chi connectivity index (χ1n) is 6.19. The first-order valence-corrected chi connectivity index (χ1v) is 6.19. The van der Waals surface area contributed by atoms with Crippen molar-refractivity contribution in [3.8, 4) is 0 Å². The van der Waals surface area contributed by atoms with Gasteiger partial charge in [0.15, 0.2) is 0 Å². The van der Waals surface area contributed by atoms with Crippen LogP contribution in [0.5, 0.6) is 0 Å². The highest BCUT2D eigenvalue weighted by molar-refractivity contribution is 5.92. The number of nitrogens with one attached hydrogen (secondary N) is 1. The van der Waals surface area contributed by atoms with Gasteiger partial charge in [-0.1, -0.05) is 26.0 Å². The van der Waals surface area contributed by atoms with Crippen molar-refractivity contribution in [3.63, 3.8) is 0 Å². The smallest absolute Gasteiger partial charge is 0.248 e. The van der Waals surface area contributed by atoms with Gasteiger partial charge in [-0.2, -0.15) is 0 Å². The minimum absolute atomic E-state index is 0.374. The highest BCUT2D eigenvalue weighted by Crippen LogP contribution is 2.04. The lowest BCUT2D eigenvalue weighted by molar-refractivity contribution is 0.100. The fourth-order valence-electron chi connectivity index (χ4n) is 1.65. The van der Waals surface area contributed by atoms with Crippen molar-refractivity contribution in [2.75, 3.05) is 6.54 Å². The Bertz CT molecular complexity index is 344. The Morgan fingerprint density at radius 3 is 2.47 bits per heavy atom. The molecule has 1 aromatic rings. The fraction of sp³-hybridized carbons (Fsp3) is 0.500. The Morgan fingerprint density at radius 2 is 1.94 bits per heavy atom. The van der Waals surface area contributed by atoms with Crippen LogP contribution in [-0.4, -0.2) is 12.5 Å². The van der Waals surface area contributed by atoms with Gasteiger partial charge in [0, 0.05) is 12.1 Å². The van der Waals surface area contributed by atoms with Crippen molar-refractivity contribution in [3.05, 3.63) is 35.4 Å². The molecule has 0 aromatic heterocycles. The van der Waals surface area contributed by atoms with Crippen molar-refractivity contribution >= 4 is 5.91 Å². The summed E-state index contributed by atoms with van der Waals surface area (Å²) in [5.41, 5.74) is 6.92. The summed E-state index contributed by atoms with van der Waals surface area (Å²) in [6.07, 6.45) is 2.46. The number of carbonyl (C=O) groups is 1. The summed E-state index contributed by atoms with van der Waals surface area (Å²) in [6, 6.07) is 7.42. The Morgan fingerprint density at radius 1 is 1.29 bits per heavy atom. The highest BCUT2D eigenvalue weighted by Gasteiger charge is 1.99. The molecule has 1 aromatic carbocycles. The van der Waals surface area contributed by atoms with Gasteiger partial charge in [0.25, 0.3) is 0 Å². The molecule has 3 N–H and O–H groups in total. The second-order valence-corrected chi connectivity index (χ2v) is 4.77. The Labute approximate surface area is 103 Å². The van der Waals surface area contributed by atoms with E-state index in [2.05, 4.69) is 19.2 Å². The number of amides is 1. The zero-order valence-corrected chi connectivity index (χ0v) is 10.7. The van der Waals surface area contributed by atoms with Crippen LogP contribution >= 0.6 is 0 Å². The fourth-order valence-corrected chi connectivity index (χ4v) is 1.65. The van der Waals surface area contributed by atoms with Crippen LogP contribution < -0.4 is 11.1 Å². The predicted octanol–water partition coefficient (Wildman–Crippen LogP) is 2.31. The first kappa shape index (κ1) is 13.7. The number of hydrogen-bond donors (Lipinski definition) is 2. The number of rotatable bonds is 7. The van der Waals surface area contributed by atoms with E-state index < -0.39 is 0 Å². The Kier molecular flexibility index (Phi) is 5.70. The molecule has 0 spiro atoms. The van der Waals surface area contributed by atoms with E-state index in [1.54, 1.807) is 12.1 Å². The minimum atomic E-state index is -0.374. The van der Waals surface area contributed by atoms with Gasteiger partial charge in [0.1, 0.15) is 0 Å². The molecular weight excluding hydrogens is 212 g/mol. The maximum absolute atomic E-state index is 10.9. The summed E-state index contributed by atoms with van der Waals surface area (Å²) in [5, 5.41) is 3.39. The van der Waals surface area contributed by atoms with Crippen molar-refractivity contribution in [1.82, 2.24) is 5.32 Å². The standard InChI is InChI=1S/C14H22N2O/c1-11(2)4-3-9-16-10-12-5-7-13(8-6-12)14(15)17/h5-8,11,16H,3-4,9-10H2,1-2H3,(H2,15,17). The van der Waals surface area contributed by atoms with Crippen LogP contribution in [0.1, 0.15) is 42.6 Å². The summed E-state index contributed by atoms with van der Waals surface area (Å²) in [7, 11) is 0. The maximum atomic E-state index is 10.9. The molecule has 1 amide bonds. The largest absolute Gasteiger partial charge is 0.366 e. The third kappa shape index (κ3) is 5.50. The van der Waals surface area contributed by atoms with E-state index in [-0.39, 0.29) is 5.91 Å². The number of nitrogens with two attached hydrogens (primary N) is 1. The topological polar surface area (TPSA) is 55.1 Å². The predicted molar refractivity (Wildman–Crippen MR) is 70.7 cm³/mol. The van der Waals surface area contributed by atoms with Gasteiger partial charge < -0.3 is 11.1 Å². The minimum Gasteiger partial charge on any atom is -0.366 e. The molecule has 0 unspecified atom stereocenters. The molecule has 1 rings (SSSR count). The van der Waals surface area contributed by atoms with E-state index in [1.807, 2.05) is 12.1 Å². The molecule has 3 heteroatoms. The monoisotopic (exact) mass is 234 g/mol. The molecule has 0 radical (unpaired) electrons. The molecule has 0 bridgehead atoms. The Hall–Kier alpha value is -1.35. The molecule has 3 nitrogen and oxygen atoms in total. The summed E-state index contributed by atoms with van der Waals surface area (Å²) in [6.45, 7) is 6.36. The van der Waals surface area contributed by atoms with Crippen LogP contribution in [0.2, 0.25) is 0 Å². The van der Waals surface area contributed by atoms with Gasteiger partial charge in [-0.3, -0.25) is 4.79 Å². The van der Waals surface area contributed by atoms with Gasteiger partial charge >= 0.3 is 0 Å². The third-order valence-electron chi connectivity index (χ3n) is 2.70. The van der Waals surface area contributed by atoms with E-state index in [4.69, 9.17) is 5.73 Å². The van der Waals surface area contributed by atoms with E-state index in [9.17, 15) is 4.79 Å². The lowest BCUT2D eigenvalue weighted by Gasteiger charge is -2.07. The number of primary amides is 1. The number of carbonyl (C=O) groups excluding carboxylic acids is 1. The van der Waals surface area contributed by atoms with Crippen LogP contribution in [0.4, 0.5) is 0 Å². The molecule has 0 saturated carbocycles. The maximum Gasteiger partial charge on any atom is 0.248 e. The molecule has 0 heterocycles. The second kappa shape index (κ2) is 7.07. The molecule has 94 valence electrons. The first-order chi connectivity index (χ1) is 8.09. The van der Waals surface area contributed by atoms with Crippen LogP contribution in [0, 0.1) is 5.92 Å². The van der Waals surface area contributed by atoms with Crippen LogP contribution in [0.3, 0.4) is 0 Å². The molecule has 0 aliphatic heterocycles. The van der Waals surface area contributed by atoms with Crippen LogP contribution in [0.15, 0.2) is 24.3 Å². The molecule has 0 saturated heterocycles. The zero-order valence-electron chi connectivity index (χ0n) is 10.7. The molecular formula is C14H22N2O. The van der Waals surface area contributed by atoms with Gasteiger partial charge in [0.05, 0.1) is 0 Å². The summed E-state index contributed by atoms with van der Waals surface area (Å²) < 4.78 is 0. The van der Waals surface area contributed by atoms with Crippen molar-refractivity contribution < 1.29 is 4.79 Å². The van der Waals surface area contributed by atoms with E-state index in [0.29, 0.717) is 5.56 Å². The second-order valence-electron chi connectivity index (χ2n) is 4.77. The Balaban J connectivity index is 2.25. The quantitative estimate of drug-likeness (QED) is 0.711. The summed E-state index contributed by atoms with van der Waals surface area (Å²) in [5.74, 6) is 0.396. The van der Waals surface area contributed by atoms with E-state index >= 15 is 0 Å². The lowest BCUT2D eigenvalue weighted by atomic mass is 10.1. The molecule has 0 aliphatic rings. The van der Waals surface area contributed by atoms with E-state index in [0.717, 1.165) is 19.0 Å². The molecule has 0 aliphatic carbocycles. The van der Waals surface area contributed by atoms with Crippen molar-refractivity contribution in [1.29, 1.82) is 0 Å². The van der Waals surface area contributed by atoms with Gasteiger partial charge in [-0.25, -0.2) is 0 Å². The number of hydrogen-bond acceptors (Lipinski definition) is 2. The molecule has 0 atom stereocenters. The van der Waals surface area contributed by atoms with Gasteiger partial charge in [-0.15, -0.1) is 0 Å². The van der Waals surface area contributed by atoms with Gasteiger partial charge in [0.2, 0.25) is 5.91 Å². The molecule has 0 fully saturated rings. The number of benzene rings is 1. The highest BCUT2D eigenvalue weighted by atomic mass is 16.1.